The highest BCUT2D eigenvalue weighted by molar-refractivity contribution is 5.98. The van der Waals surface area contributed by atoms with E-state index in [-0.39, 0.29) is 17.3 Å². The summed E-state index contributed by atoms with van der Waals surface area (Å²) in [5.74, 6) is 1.79. The number of carbonyl (C=O) groups is 1. The van der Waals surface area contributed by atoms with Gasteiger partial charge in [-0.1, -0.05) is 12.8 Å². The smallest absolute Gasteiger partial charge is 0.256 e. The second-order valence-electron chi connectivity index (χ2n) is 6.73. The molecule has 8 nitrogen and oxygen atoms in total. The van der Waals surface area contributed by atoms with Crippen molar-refractivity contribution in [3.05, 3.63) is 35.5 Å². The fourth-order valence-corrected chi connectivity index (χ4v) is 3.25. The van der Waals surface area contributed by atoms with Crippen LogP contribution >= 0.6 is 0 Å². The van der Waals surface area contributed by atoms with E-state index in [0.29, 0.717) is 24.0 Å². The van der Waals surface area contributed by atoms with Crippen molar-refractivity contribution < 1.29 is 14.3 Å². The number of nitrogens with one attached hydrogen (secondary N) is 1. The van der Waals surface area contributed by atoms with Crippen LogP contribution < -0.4 is 25.4 Å². The summed E-state index contributed by atoms with van der Waals surface area (Å²) in [4.78, 5) is 23.4. The van der Waals surface area contributed by atoms with Crippen molar-refractivity contribution >= 4 is 17.7 Å². The number of amides is 1. The summed E-state index contributed by atoms with van der Waals surface area (Å²) < 4.78 is 10.5. The minimum absolute atomic E-state index is 0.188. The Bertz CT molecular complexity index is 819. The van der Waals surface area contributed by atoms with Crippen molar-refractivity contribution in [1.82, 2.24) is 15.3 Å². The summed E-state index contributed by atoms with van der Waals surface area (Å²) in [6.45, 7) is 2.13. The van der Waals surface area contributed by atoms with E-state index in [0.717, 1.165) is 31.5 Å². The number of methoxy groups -OCH3 is 2. The number of nitrogens with two attached hydrogens (primary N) is 1. The van der Waals surface area contributed by atoms with Gasteiger partial charge in [0.25, 0.3) is 5.91 Å². The van der Waals surface area contributed by atoms with Gasteiger partial charge in [0.05, 0.1) is 19.8 Å². The van der Waals surface area contributed by atoms with Crippen LogP contribution in [0.3, 0.4) is 0 Å². The molecule has 8 heteroatoms. The zero-order valence-corrected chi connectivity index (χ0v) is 16.4. The zero-order valence-electron chi connectivity index (χ0n) is 16.4. The second kappa shape index (κ2) is 9.25. The Hall–Kier alpha value is -3.03. The van der Waals surface area contributed by atoms with Crippen molar-refractivity contribution in [1.29, 1.82) is 0 Å². The minimum Gasteiger partial charge on any atom is -0.497 e. The molecule has 0 spiro atoms. The average Bonchev–Trinajstić information content (AvgIpc) is 3.01. The standard InChI is InChI=1S/C20H27N5O3/c1-27-15-8-7-14(17(11-15)28-2)12-22-19(26)16-13-23-20(24-18(16)21)25-9-5-3-4-6-10-25/h7-8,11,13H,3-6,9-10,12H2,1-2H3,(H,22,26)(H2,21,23,24). The fraction of sp³-hybridized carbons (Fsp3) is 0.450. The Morgan fingerprint density at radius 1 is 1.18 bits per heavy atom. The molecule has 1 aromatic carbocycles. The van der Waals surface area contributed by atoms with Gasteiger partial charge in [-0.15, -0.1) is 0 Å². The van der Waals surface area contributed by atoms with E-state index in [2.05, 4.69) is 20.2 Å². The minimum atomic E-state index is -0.321. The van der Waals surface area contributed by atoms with Crippen LogP contribution in [0.5, 0.6) is 11.5 Å². The molecule has 2 heterocycles. The number of nitrogen functional groups attached to an aromatic ring is 1. The van der Waals surface area contributed by atoms with Gasteiger partial charge in [-0.05, 0) is 25.0 Å². The predicted molar refractivity (Wildman–Crippen MR) is 108 cm³/mol. The number of hydrogen-bond donors (Lipinski definition) is 2. The third-order valence-electron chi connectivity index (χ3n) is 4.87. The molecule has 3 rings (SSSR count). The lowest BCUT2D eigenvalue weighted by Gasteiger charge is -2.20. The summed E-state index contributed by atoms with van der Waals surface area (Å²) in [5, 5.41) is 2.84. The topological polar surface area (TPSA) is 103 Å². The maximum atomic E-state index is 12.6. The van der Waals surface area contributed by atoms with Gasteiger partial charge in [-0.2, -0.15) is 4.98 Å². The molecular formula is C20H27N5O3. The van der Waals surface area contributed by atoms with Crippen LogP contribution in [0.25, 0.3) is 0 Å². The van der Waals surface area contributed by atoms with Crippen molar-refractivity contribution in [2.75, 3.05) is 37.9 Å². The van der Waals surface area contributed by atoms with Crippen molar-refractivity contribution in [2.24, 2.45) is 0 Å². The fourth-order valence-electron chi connectivity index (χ4n) is 3.25. The van der Waals surface area contributed by atoms with Crippen LogP contribution in [0.4, 0.5) is 11.8 Å². The lowest BCUT2D eigenvalue weighted by molar-refractivity contribution is 0.0951. The van der Waals surface area contributed by atoms with E-state index in [1.807, 2.05) is 12.1 Å². The molecule has 1 aromatic heterocycles. The Morgan fingerprint density at radius 3 is 2.57 bits per heavy atom. The zero-order chi connectivity index (χ0) is 19.9. The highest BCUT2D eigenvalue weighted by Gasteiger charge is 2.17. The molecule has 0 bridgehead atoms. The first-order valence-electron chi connectivity index (χ1n) is 9.49. The summed E-state index contributed by atoms with van der Waals surface area (Å²) in [6, 6.07) is 5.44. The molecule has 0 unspecified atom stereocenters. The maximum absolute atomic E-state index is 12.6. The lowest BCUT2D eigenvalue weighted by atomic mass is 10.2. The molecule has 1 amide bonds. The molecule has 1 aliphatic heterocycles. The molecule has 1 saturated heterocycles. The van der Waals surface area contributed by atoms with E-state index in [4.69, 9.17) is 15.2 Å². The molecular weight excluding hydrogens is 358 g/mol. The molecule has 1 fully saturated rings. The van der Waals surface area contributed by atoms with Crippen LogP contribution in [-0.4, -0.2) is 43.2 Å². The molecule has 0 atom stereocenters. The van der Waals surface area contributed by atoms with Crippen LogP contribution in [-0.2, 0) is 6.54 Å². The molecule has 28 heavy (non-hydrogen) atoms. The molecule has 0 radical (unpaired) electrons. The Balaban J connectivity index is 1.67. The van der Waals surface area contributed by atoms with Gasteiger partial charge in [0.15, 0.2) is 0 Å². The van der Waals surface area contributed by atoms with E-state index in [9.17, 15) is 4.79 Å². The van der Waals surface area contributed by atoms with Gasteiger partial charge < -0.3 is 25.4 Å². The summed E-state index contributed by atoms with van der Waals surface area (Å²) in [5.41, 5.74) is 7.15. The second-order valence-corrected chi connectivity index (χ2v) is 6.73. The molecule has 0 saturated carbocycles. The summed E-state index contributed by atoms with van der Waals surface area (Å²) >= 11 is 0. The first-order chi connectivity index (χ1) is 13.6. The molecule has 3 N–H and O–H groups in total. The highest BCUT2D eigenvalue weighted by Crippen LogP contribution is 2.24. The van der Waals surface area contributed by atoms with Crippen LogP contribution in [0, 0.1) is 0 Å². The van der Waals surface area contributed by atoms with Crippen LogP contribution in [0.15, 0.2) is 24.4 Å². The molecule has 1 aliphatic rings. The number of hydrogen-bond acceptors (Lipinski definition) is 7. The number of rotatable bonds is 6. The Kier molecular flexibility index (Phi) is 6.52. The van der Waals surface area contributed by atoms with Crippen molar-refractivity contribution in [2.45, 2.75) is 32.2 Å². The van der Waals surface area contributed by atoms with E-state index < -0.39 is 0 Å². The van der Waals surface area contributed by atoms with Gasteiger partial charge in [0, 0.05) is 37.5 Å². The number of anilines is 2. The van der Waals surface area contributed by atoms with E-state index in [1.165, 1.54) is 19.0 Å². The van der Waals surface area contributed by atoms with Crippen molar-refractivity contribution in [3.63, 3.8) is 0 Å². The Labute approximate surface area is 165 Å². The summed E-state index contributed by atoms with van der Waals surface area (Å²) in [7, 11) is 3.17. The van der Waals surface area contributed by atoms with Crippen molar-refractivity contribution in [3.8, 4) is 11.5 Å². The predicted octanol–water partition coefficient (Wildman–Crippen LogP) is 2.39. The van der Waals surface area contributed by atoms with Crippen LogP contribution in [0.2, 0.25) is 0 Å². The quantitative estimate of drug-likeness (QED) is 0.787. The van der Waals surface area contributed by atoms with E-state index in [1.54, 1.807) is 20.3 Å². The third kappa shape index (κ3) is 4.62. The van der Waals surface area contributed by atoms with E-state index >= 15 is 0 Å². The van der Waals surface area contributed by atoms with Gasteiger partial charge >= 0.3 is 0 Å². The number of aromatic nitrogens is 2. The molecule has 2 aromatic rings. The third-order valence-corrected chi connectivity index (χ3v) is 4.87. The normalized spacial score (nSPS) is 14.3. The monoisotopic (exact) mass is 385 g/mol. The SMILES string of the molecule is COc1ccc(CNC(=O)c2cnc(N3CCCCCC3)nc2N)c(OC)c1. The summed E-state index contributed by atoms with van der Waals surface area (Å²) in [6.07, 6.45) is 6.19. The van der Waals surface area contributed by atoms with Gasteiger partial charge in [0.2, 0.25) is 5.95 Å². The largest absolute Gasteiger partial charge is 0.497 e. The van der Waals surface area contributed by atoms with Gasteiger partial charge in [0.1, 0.15) is 17.3 Å². The lowest BCUT2D eigenvalue weighted by Crippen LogP contribution is -2.28. The molecule has 150 valence electrons. The van der Waals surface area contributed by atoms with Gasteiger partial charge in [-0.3, -0.25) is 4.79 Å². The van der Waals surface area contributed by atoms with Crippen LogP contribution in [0.1, 0.15) is 41.6 Å². The first kappa shape index (κ1) is 19.7. The molecule has 0 aliphatic carbocycles. The number of nitrogens with zero attached hydrogens (tertiary/aromatic N) is 3. The highest BCUT2D eigenvalue weighted by atomic mass is 16.5. The number of carbonyl (C=O) groups excluding carboxylic acids is 1. The van der Waals surface area contributed by atoms with Gasteiger partial charge in [-0.25, -0.2) is 4.98 Å². The number of ether oxygens (including phenoxy) is 2. The number of benzene rings is 1. The Morgan fingerprint density at radius 2 is 1.93 bits per heavy atom. The maximum Gasteiger partial charge on any atom is 0.256 e. The average molecular weight is 385 g/mol. The first-order valence-corrected chi connectivity index (χ1v) is 9.49.